The lowest BCUT2D eigenvalue weighted by Gasteiger charge is -2.44. The second kappa shape index (κ2) is 6.34. The molecule has 2 fully saturated rings. The van der Waals surface area contributed by atoms with Crippen LogP contribution in [0.25, 0.3) is 0 Å². The molecule has 2 aliphatic rings. The van der Waals surface area contributed by atoms with E-state index in [4.69, 9.17) is 0 Å². The predicted octanol–water partition coefficient (Wildman–Crippen LogP) is 2.79. The van der Waals surface area contributed by atoms with Gasteiger partial charge in [0.2, 0.25) is 5.91 Å². The number of aromatic nitrogens is 1. The maximum Gasteiger partial charge on any atom is 0.251 e. The molecule has 3 rings (SSSR count). The maximum atomic E-state index is 12.6. The Morgan fingerprint density at radius 2 is 1.95 bits per heavy atom. The van der Waals surface area contributed by atoms with E-state index in [0.29, 0.717) is 12.0 Å². The first-order chi connectivity index (χ1) is 10.1. The third kappa shape index (κ3) is 3.23. The number of hydrogen-bond donors (Lipinski definition) is 0. The van der Waals surface area contributed by atoms with Crippen molar-refractivity contribution in [3.63, 3.8) is 0 Å². The number of piperidine rings is 1. The molecule has 1 amide bonds. The van der Waals surface area contributed by atoms with Crippen molar-refractivity contribution in [2.45, 2.75) is 51.1 Å². The van der Waals surface area contributed by atoms with Crippen molar-refractivity contribution in [1.29, 1.82) is 0 Å². The monoisotopic (exact) mass is 352 g/mol. The zero-order chi connectivity index (χ0) is 14.8. The second-order valence-electron chi connectivity index (χ2n) is 6.15. The van der Waals surface area contributed by atoms with E-state index in [1.54, 1.807) is 12.3 Å². The highest BCUT2D eigenvalue weighted by atomic mass is 79.9. The maximum absolute atomic E-state index is 12.6. The van der Waals surface area contributed by atoms with Gasteiger partial charge in [0, 0.05) is 29.3 Å². The third-order valence-corrected chi connectivity index (χ3v) is 5.29. The van der Waals surface area contributed by atoms with Gasteiger partial charge in [-0.3, -0.25) is 9.59 Å². The van der Waals surface area contributed by atoms with Gasteiger partial charge in [0.05, 0.1) is 0 Å². The Kier molecular flexibility index (Phi) is 4.48. The molecule has 0 spiro atoms. The lowest BCUT2D eigenvalue weighted by atomic mass is 9.78. The summed E-state index contributed by atoms with van der Waals surface area (Å²) in [4.78, 5) is 26.5. The lowest BCUT2D eigenvalue weighted by molar-refractivity contribution is -0.138. The minimum atomic E-state index is -0.122. The fourth-order valence-corrected chi connectivity index (χ4v) is 4.18. The van der Waals surface area contributed by atoms with Crippen LogP contribution in [0.15, 0.2) is 27.6 Å². The number of hydrogen-bond acceptors (Lipinski definition) is 2. The van der Waals surface area contributed by atoms with E-state index >= 15 is 0 Å². The number of nitrogens with zero attached hydrogens (tertiary/aromatic N) is 2. The van der Waals surface area contributed by atoms with E-state index in [0.717, 1.165) is 23.9 Å². The molecule has 0 bridgehead atoms. The van der Waals surface area contributed by atoms with Gasteiger partial charge >= 0.3 is 0 Å². The number of fused-ring (bicyclic) bond motifs is 1. The second-order valence-corrected chi connectivity index (χ2v) is 7.07. The number of likely N-dealkylation sites (tertiary alicyclic amines) is 1. The molecule has 1 aromatic heterocycles. The van der Waals surface area contributed by atoms with Gasteiger partial charge in [-0.2, -0.15) is 0 Å². The van der Waals surface area contributed by atoms with Gasteiger partial charge in [0.15, 0.2) is 0 Å². The van der Waals surface area contributed by atoms with Crippen LogP contribution in [0.3, 0.4) is 0 Å². The topological polar surface area (TPSA) is 42.3 Å². The van der Waals surface area contributed by atoms with Crippen LogP contribution in [-0.4, -0.2) is 28.0 Å². The van der Waals surface area contributed by atoms with Crippen molar-refractivity contribution in [3.05, 3.63) is 33.2 Å². The van der Waals surface area contributed by atoms with Crippen LogP contribution in [0.1, 0.15) is 38.5 Å². The summed E-state index contributed by atoms with van der Waals surface area (Å²) in [6.45, 7) is 1.00. The van der Waals surface area contributed by atoms with Gasteiger partial charge in [-0.15, -0.1) is 0 Å². The van der Waals surface area contributed by atoms with Crippen LogP contribution in [0.4, 0.5) is 0 Å². The molecule has 2 heterocycles. The molecule has 0 unspecified atom stereocenters. The zero-order valence-electron chi connectivity index (χ0n) is 12.1. The zero-order valence-corrected chi connectivity index (χ0v) is 13.7. The number of carbonyl (C=O) groups is 1. The SMILES string of the molecule is O=C(Cn1cc(Br)ccc1=O)N1CCC[C@H]2CCCC[C@@H]21. The fraction of sp³-hybridized carbons (Fsp3) is 0.625. The number of amides is 1. The molecular formula is C16H21BrN2O2. The van der Waals surface area contributed by atoms with Crippen LogP contribution in [0.5, 0.6) is 0 Å². The number of carbonyl (C=O) groups excluding carboxylic acids is 1. The Hall–Kier alpha value is -1.10. The largest absolute Gasteiger partial charge is 0.338 e. The van der Waals surface area contributed by atoms with Crippen molar-refractivity contribution in [2.24, 2.45) is 5.92 Å². The van der Waals surface area contributed by atoms with Crippen LogP contribution in [0, 0.1) is 5.92 Å². The van der Waals surface area contributed by atoms with Gasteiger partial charge in [0.25, 0.3) is 5.56 Å². The molecule has 4 nitrogen and oxygen atoms in total. The number of rotatable bonds is 2. The molecular weight excluding hydrogens is 332 g/mol. The van der Waals surface area contributed by atoms with E-state index < -0.39 is 0 Å². The Morgan fingerprint density at radius 1 is 1.19 bits per heavy atom. The van der Waals surface area contributed by atoms with E-state index in [2.05, 4.69) is 15.9 Å². The smallest absolute Gasteiger partial charge is 0.251 e. The van der Waals surface area contributed by atoms with Crippen LogP contribution < -0.4 is 5.56 Å². The molecule has 2 atom stereocenters. The molecule has 0 aromatic carbocycles. The molecule has 1 aliphatic heterocycles. The molecule has 21 heavy (non-hydrogen) atoms. The van der Waals surface area contributed by atoms with E-state index in [1.807, 2.05) is 4.90 Å². The quantitative estimate of drug-likeness (QED) is 0.821. The van der Waals surface area contributed by atoms with Crippen LogP contribution >= 0.6 is 15.9 Å². The van der Waals surface area contributed by atoms with Gasteiger partial charge in [0.1, 0.15) is 6.54 Å². The average molecular weight is 353 g/mol. The standard InChI is InChI=1S/C16H21BrN2O2/c17-13-7-8-15(20)18(10-13)11-16(21)19-9-3-5-12-4-1-2-6-14(12)19/h7-8,10,12,14H,1-6,9,11H2/t12-,14+/m1/s1. The molecule has 1 saturated carbocycles. The van der Waals surface area contributed by atoms with Crippen molar-refractivity contribution in [3.8, 4) is 0 Å². The Balaban J connectivity index is 1.75. The highest BCUT2D eigenvalue weighted by Gasteiger charge is 2.35. The van der Waals surface area contributed by atoms with Gasteiger partial charge < -0.3 is 9.47 Å². The van der Waals surface area contributed by atoms with Gasteiger partial charge in [-0.1, -0.05) is 12.8 Å². The summed E-state index contributed by atoms with van der Waals surface area (Å²) in [5, 5.41) is 0. The summed E-state index contributed by atoms with van der Waals surface area (Å²) in [5.74, 6) is 0.766. The third-order valence-electron chi connectivity index (χ3n) is 4.82. The molecule has 5 heteroatoms. The van der Waals surface area contributed by atoms with Crippen molar-refractivity contribution >= 4 is 21.8 Å². The number of pyridine rings is 1. The van der Waals surface area contributed by atoms with Crippen LogP contribution in [-0.2, 0) is 11.3 Å². The highest BCUT2D eigenvalue weighted by Crippen LogP contribution is 2.35. The first kappa shape index (κ1) is 14.8. The molecule has 1 aliphatic carbocycles. The molecule has 114 valence electrons. The first-order valence-electron chi connectivity index (χ1n) is 7.80. The normalized spacial score (nSPS) is 25.5. The summed E-state index contributed by atoms with van der Waals surface area (Å²) in [5.41, 5.74) is -0.122. The minimum absolute atomic E-state index is 0.0896. The van der Waals surface area contributed by atoms with E-state index in [1.165, 1.54) is 36.3 Å². The van der Waals surface area contributed by atoms with Crippen LogP contribution in [0.2, 0.25) is 0 Å². The predicted molar refractivity (Wildman–Crippen MR) is 85.1 cm³/mol. The van der Waals surface area contributed by atoms with Gasteiger partial charge in [-0.05, 0) is 53.6 Å². The fourth-order valence-electron chi connectivity index (χ4n) is 3.80. The summed E-state index contributed by atoms with van der Waals surface area (Å²) in [6.07, 6.45) is 8.96. The summed E-state index contributed by atoms with van der Waals surface area (Å²) < 4.78 is 2.32. The van der Waals surface area contributed by atoms with Crippen molar-refractivity contribution in [1.82, 2.24) is 9.47 Å². The minimum Gasteiger partial charge on any atom is -0.338 e. The molecule has 1 aromatic rings. The van der Waals surface area contributed by atoms with Crippen molar-refractivity contribution in [2.75, 3.05) is 6.54 Å². The number of halogens is 1. The van der Waals surface area contributed by atoms with E-state index in [-0.39, 0.29) is 18.0 Å². The van der Waals surface area contributed by atoms with E-state index in [9.17, 15) is 9.59 Å². The molecule has 1 saturated heterocycles. The average Bonchev–Trinajstić information content (AvgIpc) is 2.50. The Labute approximate surface area is 133 Å². The Morgan fingerprint density at radius 3 is 2.81 bits per heavy atom. The molecule has 0 radical (unpaired) electrons. The Bertz CT molecular complexity index is 582. The molecule has 0 N–H and O–H groups in total. The lowest BCUT2D eigenvalue weighted by Crippen LogP contribution is -2.51. The highest BCUT2D eigenvalue weighted by molar-refractivity contribution is 9.10. The summed E-state index contributed by atoms with van der Waals surface area (Å²) >= 11 is 3.35. The van der Waals surface area contributed by atoms with Gasteiger partial charge in [-0.25, -0.2) is 0 Å². The van der Waals surface area contributed by atoms with Crippen molar-refractivity contribution < 1.29 is 4.79 Å². The summed E-state index contributed by atoms with van der Waals surface area (Å²) in [7, 11) is 0. The first-order valence-corrected chi connectivity index (χ1v) is 8.60. The summed E-state index contributed by atoms with van der Waals surface area (Å²) in [6, 6.07) is 3.61.